The van der Waals surface area contributed by atoms with E-state index in [1.807, 2.05) is 0 Å². The lowest BCUT2D eigenvalue weighted by molar-refractivity contribution is -0.128. The van der Waals surface area contributed by atoms with Crippen molar-refractivity contribution >= 4 is 21.8 Å². The van der Waals surface area contributed by atoms with Gasteiger partial charge in [0.05, 0.1) is 4.90 Å². The van der Waals surface area contributed by atoms with E-state index in [0.29, 0.717) is 0 Å². The summed E-state index contributed by atoms with van der Waals surface area (Å²) < 4.78 is 44.8. The summed E-state index contributed by atoms with van der Waals surface area (Å²) in [6, 6.07) is 10.8. The molecule has 2 rings (SSSR count). The Labute approximate surface area is 162 Å². The number of amides is 2. The van der Waals surface area contributed by atoms with Crippen LogP contribution in [0, 0.1) is 5.82 Å². The number of hydrogen-bond acceptors (Lipinski definition) is 5. The lowest BCUT2D eigenvalue weighted by atomic mass is 10.2. The molecule has 0 aliphatic rings. The fourth-order valence-electron chi connectivity index (χ4n) is 2.14. The van der Waals surface area contributed by atoms with E-state index in [0.717, 1.165) is 0 Å². The summed E-state index contributed by atoms with van der Waals surface area (Å²) in [4.78, 5) is 24.1. The Kier molecular flexibility index (Phi) is 7.07. The molecule has 0 aliphatic carbocycles. The van der Waals surface area contributed by atoms with E-state index in [2.05, 4.69) is 15.6 Å². The normalized spacial score (nSPS) is 12.1. The zero-order valence-corrected chi connectivity index (χ0v) is 16.0. The van der Waals surface area contributed by atoms with Gasteiger partial charge in [-0.1, -0.05) is 19.1 Å². The Morgan fingerprint density at radius 2 is 1.71 bits per heavy atom. The summed E-state index contributed by atoms with van der Waals surface area (Å²) in [6.07, 6.45) is -1.06. The molecule has 3 N–H and O–H groups in total. The van der Waals surface area contributed by atoms with Crippen LogP contribution < -0.4 is 20.3 Å². The fraction of sp³-hybridized carbons (Fsp3) is 0.222. The van der Waals surface area contributed by atoms with Crippen LogP contribution in [0.15, 0.2) is 53.4 Å². The minimum Gasteiger partial charge on any atom is -0.478 e. The first-order valence-corrected chi connectivity index (χ1v) is 9.84. The molecular weight excluding hydrogens is 389 g/mol. The summed E-state index contributed by atoms with van der Waals surface area (Å²) in [6.45, 7) is 3.29. The Balaban J connectivity index is 1.92. The molecule has 10 heteroatoms. The smallest absolute Gasteiger partial charge is 0.279 e. The quantitative estimate of drug-likeness (QED) is 0.598. The Morgan fingerprint density at radius 1 is 1.07 bits per heavy atom. The highest BCUT2D eigenvalue weighted by atomic mass is 32.2. The van der Waals surface area contributed by atoms with E-state index in [1.54, 1.807) is 13.0 Å². The van der Waals surface area contributed by atoms with Crippen LogP contribution in [0.1, 0.15) is 24.2 Å². The third kappa shape index (κ3) is 5.51. The molecule has 0 saturated carbocycles. The third-order valence-electron chi connectivity index (χ3n) is 3.57. The van der Waals surface area contributed by atoms with E-state index in [1.165, 1.54) is 49.4 Å². The topological polar surface area (TPSA) is 114 Å². The predicted molar refractivity (Wildman–Crippen MR) is 99.4 cm³/mol. The van der Waals surface area contributed by atoms with Crippen LogP contribution in [0.3, 0.4) is 0 Å². The van der Waals surface area contributed by atoms with E-state index in [9.17, 15) is 22.4 Å². The van der Waals surface area contributed by atoms with E-state index in [-0.39, 0.29) is 22.8 Å². The number of ether oxygens (including phenoxy) is 1. The minimum absolute atomic E-state index is 0.0156. The first-order chi connectivity index (χ1) is 13.2. The number of hydrazine groups is 1. The van der Waals surface area contributed by atoms with Crippen molar-refractivity contribution in [1.82, 2.24) is 15.6 Å². The number of carbonyl (C=O) groups is 2. The molecule has 2 amide bonds. The van der Waals surface area contributed by atoms with Crippen molar-refractivity contribution in [1.29, 1.82) is 0 Å². The molecule has 1 atom stereocenters. The van der Waals surface area contributed by atoms with Gasteiger partial charge in [0.25, 0.3) is 11.8 Å². The van der Waals surface area contributed by atoms with E-state index >= 15 is 0 Å². The number of rotatable bonds is 7. The first-order valence-electron chi connectivity index (χ1n) is 8.35. The highest BCUT2D eigenvalue weighted by Crippen LogP contribution is 2.17. The third-order valence-corrected chi connectivity index (χ3v) is 5.13. The molecule has 0 radical (unpaired) electrons. The summed E-state index contributed by atoms with van der Waals surface area (Å²) in [7, 11) is -3.62. The van der Waals surface area contributed by atoms with Crippen molar-refractivity contribution in [2.24, 2.45) is 0 Å². The number of sulfonamides is 1. The van der Waals surface area contributed by atoms with Gasteiger partial charge in [-0.2, -0.15) is 0 Å². The van der Waals surface area contributed by atoms with Crippen LogP contribution in [-0.4, -0.2) is 32.9 Å². The number of benzene rings is 2. The van der Waals surface area contributed by atoms with Gasteiger partial charge in [0.15, 0.2) is 17.7 Å². The number of nitrogens with one attached hydrogen (secondary N) is 3. The van der Waals surface area contributed by atoms with Crippen LogP contribution in [0.4, 0.5) is 4.39 Å². The van der Waals surface area contributed by atoms with Crippen molar-refractivity contribution in [2.45, 2.75) is 24.8 Å². The molecule has 0 saturated heterocycles. The van der Waals surface area contributed by atoms with Gasteiger partial charge in [0, 0.05) is 12.1 Å². The molecule has 2 aromatic carbocycles. The van der Waals surface area contributed by atoms with Crippen LogP contribution in [0.5, 0.6) is 5.75 Å². The standard InChI is InChI=1S/C18H20FN3O5S/c1-3-20-28(25,26)14-10-8-13(9-11-14)18(24)22-21-17(23)12(2)27-16-7-5-4-6-15(16)19/h4-12,20H,3H2,1-2H3,(H,21,23)(H,22,24)/t12-/m1/s1. The molecule has 0 aliphatic heterocycles. The second-order valence-corrected chi connectivity index (χ2v) is 7.43. The van der Waals surface area contributed by atoms with Crippen molar-refractivity contribution in [2.75, 3.05) is 6.54 Å². The highest BCUT2D eigenvalue weighted by Gasteiger charge is 2.18. The SMILES string of the molecule is CCNS(=O)(=O)c1ccc(C(=O)NNC(=O)[C@@H](C)Oc2ccccc2F)cc1. The number of halogens is 1. The summed E-state index contributed by atoms with van der Waals surface area (Å²) in [5, 5.41) is 0. The average molecular weight is 409 g/mol. The van der Waals surface area contributed by atoms with Crippen LogP contribution >= 0.6 is 0 Å². The van der Waals surface area contributed by atoms with Gasteiger partial charge in [0.1, 0.15) is 0 Å². The molecule has 2 aromatic rings. The van der Waals surface area contributed by atoms with Gasteiger partial charge < -0.3 is 4.74 Å². The number of para-hydroxylation sites is 1. The average Bonchev–Trinajstić information content (AvgIpc) is 2.67. The fourth-order valence-corrected chi connectivity index (χ4v) is 3.18. The maximum atomic E-state index is 13.5. The molecule has 8 nitrogen and oxygen atoms in total. The molecular formula is C18H20FN3O5S. The summed E-state index contributed by atoms with van der Waals surface area (Å²) in [5.41, 5.74) is 4.49. The lowest BCUT2D eigenvalue weighted by Crippen LogP contribution is -2.47. The maximum Gasteiger partial charge on any atom is 0.279 e. The Hall–Kier alpha value is -2.98. The molecule has 0 spiro atoms. The second kappa shape index (κ2) is 9.29. The maximum absolute atomic E-state index is 13.5. The summed E-state index contributed by atoms with van der Waals surface area (Å²) >= 11 is 0. The molecule has 0 unspecified atom stereocenters. The van der Waals surface area contributed by atoms with Crippen LogP contribution in [0.25, 0.3) is 0 Å². The van der Waals surface area contributed by atoms with Gasteiger partial charge in [-0.3, -0.25) is 20.4 Å². The monoisotopic (exact) mass is 409 g/mol. The minimum atomic E-state index is -3.62. The van der Waals surface area contributed by atoms with Crippen molar-refractivity contribution in [3.63, 3.8) is 0 Å². The Morgan fingerprint density at radius 3 is 2.32 bits per heavy atom. The first kappa shape index (κ1) is 21.3. The molecule has 0 aromatic heterocycles. The molecule has 0 fully saturated rings. The van der Waals surface area contributed by atoms with E-state index < -0.39 is 33.8 Å². The largest absolute Gasteiger partial charge is 0.478 e. The molecule has 0 heterocycles. The Bertz CT molecular complexity index is 948. The molecule has 150 valence electrons. The number of hydrogen-bond donors (Lipinski definition) is 3. The van der Waals surface area contributed by atoms with Gasteiger partial charge >= 0.3 is 0 Å². The van der Waals surface area contributed by atoms with Gasteiger partial charge in [-0.05, 0) is 43.3 Å². The van der Waals surface area contributed by atoms with Crippen molar-refractivity contribution in [3.05, 3.63) is 59.9 Å². The zero-order valence-electron chi connectivity index (χ0n) is 15.2. The van der Waals surface area contributed by atoms with Crippen molar-refractivity contribution < 1.29 is 27.1 Å². The highest BCUT2D eigenvalue weighted by molar-refractivity contribution is 7.89. The molecule has 28 heavy (non-hydrogen) atoms. The van der Waals surface area contributed by atoms with Gasteiger partial charge in [0.2, 0.25) is 10.0 Å². The second-order valence-electron chi connectivity index (χ2n) is 5.66. The van der Waals surface area contributed by atoms with Crippen LogP contribution in [0.2, 0.25) is 0 Å². The summed E-state index contributed by atoms with van der Waals surface area (Å²) in [5.74, 6) is -2.05. The van der Waals surface area contributed by atoms with Crippen LogP contribution in [-0.2, 0) is 14.8 Å². The van der Waals surface area contributed by atoms with Gasteiger partial charge in [-0.15, -0.1) is 0 Å². The van der Waals surface area contributed by atoms with E-state index in [4.69, 9.17) is 4.74 Å². The van der Waals surface area contributed by atoms with Gasteiger partial charge in [-0.25, -0.2) is 17.5 Å². The zero-order chi connectivity index (χ0) is 20.7. The van der Waals surface area contributed by atoms with Crippen molar-refractivity contribution in [3.8, 4) is 5.75 Å². The number of carbonyl (C=O) groups excluding carboxylic acids is 2. The predicted octanol–water partition coefficient (Wildman–Crippen LogP) is 1.35. The lowest BCUT2D eigenvalue weighted by Gasteiger charge is -2.15. The molecule has 0 bridgehead atoms.